The highest BCUT2D eigenvalue weighted by Gasteiger charge is 2.37. The molecule has 2 fully saturated rings. The maximum absolute atomic E-state index is 12.7. The van der Waals surface area contributed by atoms with E-state index in [0.29, 0.717) is 17.6 Å². The first-order valence-corrected chi connectivity index (χ1v) is 12.7. The molecule has 7 heteroatoms. The van der Waals surface area contributed by atoms with Crippen molar-refractivity contribution in [3.63, 3.8) is 0 Å². The van der Waals surface area contributed by atoms with Gasteiger partial charge in [0, 0.05) is 66.5 Å². The van der Waals surface area contributed by atoms with Crippen molar-refractivity contribution in [1.82, 2.24) is 19.7 Å². The van der Waals surface area contributed by atoms with Crippen LogP contribution in [-0.4, -0.2) is 57.8 Å². The smallest absolute Gasteiger partial charge is 0.249 e. The fourth-order valence-electron chi connectivity index (χ4n) is 6.09. The summed E-state index contributed by atoms with van der Waals surface area (Å²) in [5.41, 5.74) is 12.5. The van der Waals surface area contributed by atoms with Gasteiger partial charge in [-0.3, -0.25) is 14.4 Å². The third-order valence-corrected chi connectivity index (χ3v) is 8.20. The molecule has 4 aromatic rings. The lowest BCUT2D eigenvalue weighted by Crippen LogP contribution is -2.52. The predicted octanol–water partition coefficient (Wildman–Crippen LogP) is 4.17. The molecule has 0 saturated carbocycles. The molecule has 0 unspecified atom stereocenters. The van der Waals surface area contributed by atoms with Gasteiger partial charge in [-0.25, -0.2) is 4.98 Å². The number of likely N-dealkylation sites (N-methyl/N-ethyl adjacent to an activating group) is 1. The van der Waals surface area contributed by atoms with E-state index in [1.54, 1.807) is 4.68 Å². The number of nitrogens with zero attached hydrogens (tertiary/aromatic N) is 5. The summed E-state index contributed by atoms with van der Waals surface area (Å²) >= 11 is 0. The lowest BCUT2D eigenvalue weighted by molar-refractivity contribution is 0.0999. The van der Waals surface area contributed by atoms with Crippen molar-refractivity contribution in [2.45, 2.75) is 37.8 Å². The molecule has 6 rings (SSSR count). The Labute approximate surface area is 211 Å². The van der Waals surface area contributed by atoms with E-state index in [4.69, 9.17) is 10.7 Å². The Bertz CT molecular complexity index is 1450. The van der Waals surface area contributed by atoms with Crippen LogP contribution in [0.25, 0.3) is 22.2 Å². The van der Waals surface area contributed by atoms with Gasteiger partial charge in [-0.15, -0.1) is 0 Å². The maximum Gasteiger partial charge on any atom is 0.249 e. The summed E-state index contributed by atoms with van der Waals surface area (Å²) in [5.74, 6) is -0.435. The highest BCUT2D eigenvalue weighted by molar-refractivity contribution is 5.96. The molecule has 2 bridgehead atoms. The average molecular weight is 481 g/mol. The summed E-state index contributed by atoms with van der Waals surface area (Å²) < 4.78 is 1.78. The van der Waals surface area contributed by atoms with Crippen molar-refractivity contribution in [1.29, 1.82) is 0 Å². The second kappa shape index (κ2) is 8.75. The van der Waals surface area contributed by atoms with Crippen molar-refractivity contribution >= 4 is 22.5 Å². The first-order chi connectivity index (χ1) is 17.4. The summed E-state index contributed by atoms with van der Waals surface area (Å²) in [4.78, 5) is 22.5. The number of aromatic nitrogens is 3. The van der Waals surface area contributed by atoms with Crippen molar-refractivity contribution < 1.29 is 4.79 Å². The number of hydrogen-bond donors (Lipinski definition) is 1. The van der Waals surface area contributed by atoms with Crippen LogP contribution in [0.5, 0.6) is 0 Å². The van der Waals surface area contributed by atoms with Gasteiger partial charge in [0.15, 0.2) is 0 Å². The Hall–Kier alpha value is -3.71. The Balaban J connectivity index is 1.42. The number of fused-ring (bicyclic) bond motifs is 3. The van der Waals surface area contributed by atoms with Crippen LogP contribution in [0, 0.1) is 0 Å². The summed E-state index contributed by atoms with van der Waals surface area (Å²) in [5, 5.41) is 5.40. The zero-order valence-corrected chi connectivity index (χ0v) is 21.1. The number of carbonyl (C=O) groups excluding carboxylic acids is 1. The Morgan fingerprint density at radius 1 is 1.03 bits per heavy atom. The van der Waals surface area contributed by atoms with Crippen molar-refractivity contribution in [3.8, 4) is 11.3 Å². The number of anilines is 1. The second-order valence-corrected chi connectivity index (χ2v) is 10.3. The van der Waals surface area contributed by atoms with Crippen LogP contribution < -0.4 is 10.6 Å². The SMILES string of the molecule is C[C@@H](c1ccc(N2C[C@H]3CC[C@@H](C2)N3C)cc1C(N)=O)c1cc(-c2cnn(C)c2)nc2ccccc12. The molecule has 0 spiro atoms. The largest absolute Gasteiger partial charge is 0.368 e. The van der Waals surface area contributed by atoms with Crippen LogP contribution in [-0.2, 0) is 7.05 Å². The molecule has 0 radical (unpaired) electrons. The van der Waals surface area contributed by atoms with Gasteiger partial charge in [-0.05, 0) is 55.3 Å². The monoisotopic (exact) mass is 480 g/mol. The number of hydrogen-bond acceptors (Lipinski definition) is 5. The highest BCUT2D eigenvalue weighted by Crippen LogP contribution is 2.37. The van der Waals surface area contributed by atoms with Crippen LogP contribution in [0.1, 0.15) is 47.2 Å². The number of piperazine rings is 1. The van der Waals surface area contributed by atoms with Crippen LogP contribution in [0.15, 0.2) is 60.9 Å². The molecule has 36 heavy (non-hydrogen) atoms. The normalized spacial score (nSPS) is 20.7. The molecule has 2 aromatic carbocycles. The number of rotatable bonds is 5. The van der Waals surface area contributed by atoms with E-state index in [2.05, 4.69) is 53.1 Å². The zero-order valence-electron chi connectivity index (χ0n) is 21.1. The molecule has 2 saturated heterocycles. The van der Waals surface area contributed by atoms with E-state index in [1.807, 2.05) is 43.7 Å². The lowest BCUT2D eigenvalue weighted by atomic mass is 9.86. The molecular weight excluding hydrogens is 448 g/mol. The third-order valence-electron chi connectivity index (χ3n) is 8.20. The number of aryl methyl sites for hydroxylation is 1. The van der Waals surface area contributed by atoms with Crippen LogP contribution in [0.4, 0.5) is 5.69 Å². The van der Waals surface area contributed by atoms with Gasteiger partial charge in [0.1, 0.15) is 0 Å². The molecule has 2 aliphatic heterocycles. The minimum absolute atomic E-state index is 0.0476. The number of amides is 1. The van der Waals surface area contributed by atoms with Gasteiger partial charge in [0.05, 0.1) is 17.4 Å². The van der Waals surface area contributed by atoms with E-state index in [1.165, 1.54) is 12.8 Å². The van der Waals surface area contributed by atoms with Crippen LogP contribution in [0.3, 0.4) is 0 Å². The van der Waals surface area contributed by atoms with Crippen LogP contribution in [0.2, 0.25) is 0 Å². The van der Waals surface area contributed by atoms with E-state index in [-0.39, 0.29) is 11.8 Å². The minimum atomic E-state index is -0.387. The lowest BCUT2D eigenvalue weighted by Gasteiger charge is -2.40. The van der Waals surface area contributed by atoms with Gasteiger partial charge in [-0.2, -0.15) is 5.10 Å². The zero-order chi connectivity index (χ0) is 25.0. The fourth-order valence-corrected chi connectivity index (χ4v) is 6.09. The van der Waals surface area contributed by atoms with Gasteiger partial charge in [0.2, 0.25) is 5.91 Å². The quantitative estimate of drug-likeness (QED) is 0.464. The number of primary amides is 1. The van der Waals surface area contributed by atoms with Gasteiger partial charge < -0.3 is 10.6 Å². The average Bonchev–Trinajstić information content (AvgIpc) is 3.39. The summed E-state index contributed by atoms with van der Waals surface area (Å²) in [6, 6.07) is 17.7. The fraction of sp³-hybridized carbons (Fsp3) is 0.345. The first kappa shape index (κ1) is 22.7. The van der Waals surface area contributed by atoms with E-state index < -0.39 is 0 Å². The summed E-state index contributed by atoms with van der Waals surface area (Å²) in [6.07, 6.45) is 6.28. The number of nitrogens with two attached hydrogens (primary N) is 1. The topological polar surface area (TPSA) is 80.3 Å². The standard InChI is InChI=1S/C29H32N6O/c1-18(25-13-28(19-14-31-33(2)15-19)32-27-7-5-4-6-24(25)27)23-11-10-20(12-26(23)29(30)36)35-16-21-8-9-22(17-35)34(21)3/h4-7,10-15,18,21-22H,8-9,16-17H2,1-3H3,(H2,30,36)/t18-,21-,22+/m0/s1. The Morgan fingerprint density at radius 3 is 2.47 bits per heavy atom. The van der Waals surface area contributed by atoms with E-state index in [0.717, 1.165) is 52.1 Å². The number of para-hydroxylation sites is 1. The molecular formula is C29H32N6O. The Morgan fingerprint density at radius 2 is 1.78 bits per heavy atom. The minimum Gasteiger partial charge on any atom is -0.368 e. The molecule has 2 aromatic heterocycles. The summed E-state index contributed by atoms with van der Waals surface area (Å²) in [6.45, 7) is 4.12. The maximum atomic E-state index is 12.7. The molecule has 2 N–H and O–H groups in total. The molecule has 2 aliphatic rings. The highest BCUT2D eigenvalue weighted by atomic mass is 16.1. The van der Waals surface area contributed by atoms with Gasteiger partial charge in [-0.1, -0.05) is 31.2 Å². The number of benzene rings is 2. The van der Waals surface area contributed by atoms with Crippen molar-refractivity contribution in [2.24, 2.45) is 12.8 Å². The van der Waals surface area contributed by atoms with Gasteiger partial charge >= 0.3 is 0 Å². The summed E-state index contributed by atoms with van der Waals surface area (Å²) in [7, 11) is 4.14. The first-order valence-electron chi connectivity index (χ1n) is 12.7. The predicted molar refractivity (Wildman–Crippen MR) is 143 cm³/mol. The molecule has 7 nitrogen and oxygen atoms in total. The van der Waals surface area contributed by atoms with Gasteiger partial charge in [0.25, 0.3) is 0 Å². The Kier molecular flexibility index (Phi) is 5.52. The molecule has 1 amide bonds. The molecule has 184 valence electrons. The van der Waals surface area contributed by atoms with Crippen molar-refractivity contribution in [2.75, 3.05) is 25.0 Å². The molecule has 4 heterocycles. The van der Waals surface area contributed by atoms with E-state index in [9.17, 15) is 4.79 Å². The second-order valence-electron chi connectivity index (χ2n) is 10.3. The molecule has 3 atom stereocenters. The van der Waals surface area contributed by atoms with Crippen LogP contribution >= 0.6 is 0 Å². The third kappa shape index (κ3) is 3.84. The number of carbonyl (C=O) groups is 1. The number of pyridine rings is 1. The molecule has 0 aliphatic carbocycles. The van der Waals surface area contributed by atoms with E-state index >= 15 is 0 Å². The van der Waals surface area contributed by atoms with Crippen molar-refractivity contribution in [3.05, 3.63) is 77.6 Å².